The predicted octanol–water partition coefficient (Wildman–Crippen LogP) is 7.09. The molecule has 26 heavy (non-hydrogen) atoms. The van der Waals surface area contributed by atoms with Gasteiger partial charge in [-0.2, -0.15) is 0 Å². The molecule has 1 N–H and O–H groups in total. The summed E-state index contributed by atoms with van der Waals surface area (Å²) in [4.78, 5) is 0. The second-order valence-electron chi connectivity index (χ2n) is 5.60. The van der Waals surface area contributed by atoms with E-state index in [2.05, 4.69) is 21.2 Å². The van der Waals surface area contributed by atoms with E-state index in [0.717, 1.165) is 15.7 Å². The van der Waals surface area contributed by atoms with Crippen molar-refractivity contribution >= 4 is 44.8 Å². The van der Waals surface area contributed by atoms with Crippen molar-refractivity contribution in [3.63, 3.8) is 0 Å². The molecule has 3 rings (SSSR count). The Morgan fingerprint density at radius 3 is 2.50 bits per heavy atom. The molecule has 0 radical (unpaired) electrons. The first-order valence-corrected chi connectivity index (χ1v) is 9.41. The molecule has 134 valence electrons. The van der Waals surface area contributed by atoms with Crippen LogP contribution in [0.2, 0.25) is 10.0 Å². The first kappa shape index (κ1) is 19.0. The molecule has 0 aromatic heterocycles. The second-order valence-corrected chi connectivity index (χ2v) is 7.36. The highest BCUT2D eigenvalue weighted by atomic mass is 79.9. The van der Waals surface area contributed by atoms with Gasteiger partial charge < -0.3 is 10.1 Å². The third kappa shape index (κ3) is 4.91. The van der Waals surface area contributed by atoms with Crippen LogP contribution in [-0.2, 0) is 13.2 Å². The van der Waals surface area contributed by atoms with Gasteiger partial charge in [-0.15, -0.1) is 0 Å². The van der Waals surface area contributed by atoms with E-state index in [1.165, 1.54) is 6.07 Å². The average molecular weight is 455 g/mol. The van der Waals surface area contributed by atoms with Crippen LogP contribution in [0, 0.1) is 5.82 Å². The van der Waals surface area contributed by atoms with Gasteiger partial charge in [0.25, 0.3) is 0 Å². The first-order valence-electron chi connectivity index (χ1n) is 7.86. The van der Waals surface area contributed by atoms with Crippen molar-refractivity contribution < 1.29 is 9.13 Å². The quantitative estimate of drug-likeness (QED) is 0.429. The lowest BCUT2D eigenvalue weighted by Crippen LogP contribution is -2.05. The van der Waals surface area contributed by atoms with E-state index in [0.29, 0.717) is 27.9 Å². The van der Waals surface area contributed by atoms with Gasteiger partial charge >= 0.3 is 0 Å². The molecular weight excluding hydrogens is 440 g/mol. The molecule has 0 amide bonds. The van der Waals surface area contributed by atoms with E-state index in [4.69, 9.17) is 27.9 Å². The summed E-state index contributed by atoms with van der Waals surface area (Å²) in [5.41, 5.74) is 2.22. The third-order valence-corrected chi connectivity index (χ3v) is 4.88. The molecule has 0 fully saturated rings. The van der Waals surface area contributed by atoms with E-state index in [1.807, 2.05) is 42.5 Å². The predicted molar refractivity (Wildman–Crippen MR) is 109 cm³/mol. The van der Waals surface area contributed by atoms with Crippen molar-refractivity contribution in [3.05, 3.63) is 92.1 Å². The van der Waals surface area contributed by atoms with Gasteiger partial charge in [0.05, 0.1) is 5.02 Å². The molecule has 0 aliphatic rings. The summed E-state index contributed by atoms with van der Waals surface area (Å²) in [6.07, 6.45) is 0. The highest BCUT2D eigenvalue weighted by molar-refractivity contribution is 9.10. The number of rotatable bonds is 6. The van der Waals surface area contributed by atoms with Crippen molar-refractivity contribution in [1.82, 2.24) is 0 Å². The van der Waals surface area contributed by atoms with Crippen LogP contribution >= 0.6 is 39.1 Å². The Morgan fingerprint density at radius 1 is 1.00 bits per heavy atom. The van der Waals surface area contributed by atoms with Crippen molar-refractivity contribution in [2.45, 2.75) is 13.2 Å². The van der Waals surface area contributed by atoms with Crippen LogP contribution in [0.5, 0.6) is 5.75 Å². The minimum Gasteiger partial charge on any atom is -0.488 e. The number of ether oxygens (including phenoxy) is 1. The lowest BCUT2D eigenvalue weighted by Gasteiger charge is -2.14. The van der Waals surface area contributed by atoms with Crippen LogP contribution in [0.1, 0.15) is 11.1 Å². The standard InChI is InChI=1S/C20H15BrCl2FNO/c21-14-4-9-20(26-12-17-18(23)2-1-3-19(17)24)13(10-14)11-25-16-7-5-15(22)6-8-16/h1-10,25H,11-12H2. The van der Waals surface area contributed by atoms with E-state index < -0.39 is 0 Å². The van der Waals surface area contributed by atoms with Crippen LogP contribution in [0.15, 0.2) is 65.1 Å². The second kappa shape index (κ2) is 8.76. The zero-order chi connectivity index (χ0) is 18.5. The maximum atomic E-state index is 13.9. The molecule has 0 aliphatic heterocycles. The Bertz CT molecular complexity index is 883. The Labute approximate surface area is 170 Å². The Morgan fingerprint density at radius 2 is 1.77 bits per heavy atom. The molecule has 0 spiro atoms. The molecule has 0 unspecified atom stereocenters. The summed E-state index contributed by atoms with van der Waals surface area (Å²) in [6.45, 7) is 0.600. The van der Waals surface area contributed by atoms with Gasteiger partial charge in [-0.25, -0.2) is 4.39 Å². The van der Waals surface area contributed by atoms with Gasteiger partial charge in [0.1, 0.15) is 18.2 Å². The topological polar surface area (TPSA) is 21.3 Å². The van der Waals surface area contributed by atoms with E-state index in [9.17, 15) is 4.39 Å². The number of hydrogen-bond donors (Lipinski definition) is 1. The van der Waals surface area contributed by atoms with E-state index >= 15 is 0 Å². The average Bonchev–Trinajstić information content (AvgIpc) is 2.62. The Kier molecular flexibility index (Phi) is 6.41. The molecular formula is C20H15BrCl2FNO. The zero-order valence-electron chi connectivity index (χ0n) is 13.6. The normalized spacial score (nSPS) is 10.6. The summed E-state index contributed by atoms with van der Waals surface area (Å²) in [6, 6.07) is 17.7. The lowest BCUT2D eigenvalue weighted by molar-refractivity contribution is 0.297. The fraction of sp³-hybridized carbons (Fsp3) is 0.100. The summed E-state index contributed by atoms with van der Waals surface area (Å²) in [5.74, 6) is 0.282. The van der Waals surface area contributed by atoms with Gasteiger partial charge in [0, 0.05) is 32.9 Å². The van der Waals surface area contributed by atoms with Crippen LogP contribution in [0.3, 0.4) is 0 Å². The number of benzene rings is 3. The fourth-order valence-electron chi connectivity index (χ4n) is 2.41. The van der Waals surface area contributed by atoms with E-state index in [1.54, 1.807) is 12.1 Å². The first-order chi connectivity index (χ1) is 12.5. The van der Waals surface area contributed by atoms with Gasteiger partial charge in [-0.3, -0.25) is 0 Å². The molecule has 2 nitrogen and oxygen atoms in total. The molecule has 6 heteroatoms. The molecule has 0 saturated heterocycles. The summed E-state index contributed by atoms with van der Waals surface area (Å²) in [7, 11) is 0. The number of hydrogen-bond acceptors (Lipinski definition) is 2. The minimum atomic E-state index is -0.379. The molecule has 3 aromatic rings. The molecule has 0 atom stereocenters. The maximum absolute atomic E-state index is 13.9. The molecule has 0 saturated carbocycles. The van der Waals surface area contributed by atoms with Crippen LogP contribution in [0.4, 0.5) is 10.1 Å². The SMILES string of the molecule is Fc1cccc(Cl)c1COc1ccc(Br)cc1CNc1ccc(Cl)cc1. The van der Waals surface area contributed by atoms with Gasteiger partial charge in [-0.1, -0.05) is 45.2 Å². The largest absolute Gasteiger partial charge is 0.488 e. The number of nitrogens with one attached hydrogen (secondary N) is 1. The zero-order valence-corrected chi connectivity index (χ0v) is 16.7. The number of anilines is 1. The smallest absolute Gasteiger partial charge is 0.131 e. The highest BCUT2D eigenvalue weighted by Crippen LogP contribution is 2.27. The lowest BCUT2D eigenvalue weighted by atomic mass is 10.2. The highest BCUT2D eigenvalue weighted by Gasteiger charge is 2.10. The van der Waals surface area contributed by atoms with Gasteiger partial charge in [-0.05, 0) is 54.6 Å². The van der Waals surface area contributed by atoms with Crippen molar-refractivity contribution in [3.8, 4) is 5.75 Å². The summed E-state index contributed by atoms with van der Waals surface area (Å²) >= 11 is 15.4. The van der Waals surface area contributed by atoms with Gasteiger partial charge in [0.15, 0.2) is 0 Å². The van der Waals surface area contributed by atoms with Crippen LogP contribution in [0.25, 0.3) is 0 Å². The number of halogens is 4. The Hall–Kier alpha value is -1.75. The summed E-state index contributed by atoms with van der Waals surface area (Å²) < 4.78 is 20.7. The molecule has 0 bridgehead atoms. The molecule has 0 heterocycles. The van der Waals surface area contributed by atoms with Crippen molar-refractivity contribution in [1.29, 1.82) is 0 Å². The maximum Gasteiger partial charge on any atom is 0.131 e. The third-order valence-electron chi connectivity index (χ3n) is 3.78. The van der Waals surface area contributed by atoms with Crippen molar-refractivity contribution in [2.24, 2.45) is 0 Å². The van der Waals surface area contributed by atoms with Crippen LogP contribution < -0.4 is 10.1 Å². The molecule has 0 aliphatic carbocycles. The van der Waals surface area contributed by atoms with Gasteiger partial charge in [0.2, 0.25) is 0 Å². The van der Waals surface area contributed by atoms with E-state index in [-0.39, 0.29) is 12.4 Å². The van der Waals surface area contributed by atoms with Crippen molar-refractivity contribution in [2.75, 3.05) is 5.32 Å². The fourth-order valence-corrected chi connectivity index (χ4v) is 3.16. The molecule has 3 aromatic carbocycles. The van der Waals surface area contributed by atoms with Crippen LogP contribution in [-0.4, -0.2) is 0 Å². The summed E-state index contributed by atoms with van der Waals surface area (Å²) in [5, 5.41) is 4.35. The Balaban J connectivity index is 1.74. The minimum absolute atomic E-state index is 0.0566. The monoisotopic (exact) mass is 453 g/mol.